The summed E-state index contributed by atoms with van der Waals surface area (Å²) in [6.45, 7) is 7.58. The number of nitrogens with one attached hydrogen (secondary N) is 6. The van der Waals surface area contributed by atoms with Crippen molar-refractivity contribution in [3.05, 3.63) is 46.9 Å². The molecule has 1 aliphatic heterocycles. The van der Waals surface area contributed by atoms with Crippen LogP contribution in [0.5, 0.6) is 0 Å². The van der Waals surface area contributed by atoms with Crippen LogP contribution in [-0.2, 0) is 19.2 Å². The SMILES string of the molecule is C=C1/C=C\C(O)=C/N/C(SC)=C\1CCC(=O)NCNNC(C(=O)NCC(=O)NCC=O)C(C)CC. The molecule has 7 N–H and O–H groups in total. The van der Waals surface area contributed by atoms with Gasteiger partial charge in [-0.25, -0.2) is 10.9 Å². The van der Waals surface area contributed by atoms with Gasteiger partial charge in [-0.2, -0.15) is 0 Å². The summed E-state index contributed by atoms with van der Waals surface area (Å²) >= 11 is 1.46. The van der Waals surface area contributed by atoms with E-state index in [-0.39, 0.29) is 49.7 Å². The van der Waals surface area contributed by atoms with E-state index in [1.165, 1.54) is 24.0 Å². The first-order valence-corrected chi connectivity index (χ1v) is 12.5. The predicted molar refractivity (Wildman–Crippen MR) is 137 cm³/mol. The molecule has 2 unspecified atom stereocenters. The average molecular weight is 509 g/mol. The molecule has 0 aromatic carbocycles. The molecule has 0 aliphatic carbocycles. The van der Waals surface area contributed by atoms with Crippen molar-refractivity contribution in [1.29, 1.82) is 0 Å². The fourth-order valence-electron chi connectivity index (χ4n) is 2.99. The van der Waals surface area contributed by atoms with Crippen LogP contribution in [0.15, 0.2) is 46.9 Å². The molecule has 1 rings (SSSR count). The molecular formula is C23H36N6O5S. The standard InChI is InChI=1S/C23H36N6O5S/c1-5-15(2)21(22(34)25-13-20(33)24-10-11-30)29-28-14-27-19(32)9-8-18-16(3)6-7-17(31)12-26-23(18)35-4/h6-7,11-12,15,21,26,28-29,31H,3,5,8-10,13-14H2,1-2,4H3,(H,24,33)(H,25,34)(H,27,32)/b7-6-,17-12+,23-18+. The van der Waals surface area contributed by atoms with E-state index in [0.29, 0.717) is 24.7 Å². The number of aliphatic hydroxyl groups excluding tert-OH is 1. The predicted octanol–water partition coefficient (Wildman–Crippen LogP) is 0.470. The first-order chi connectivity index (χ1) is 16.7. The molecule has 11 nitrogen and oxygen atoms in total. The quantitative estimate of drug-likeness (QED) is 0.0722. The number of hydrogen-bond donors (Lipinski definition) is 7. The summed E-state index contributed by atoms with van der Waals surface area (Å²) in [6, 6.07) is -0.634. The number of hydrogen-bond acceptors (Lipinski definition) is 9. The van der Waals surface area contributed by atoms with E-state index < -0.39 is 11.9 Å². The Hall–Kier alpha value is -3.09. The van der Waals surface area contributed by atoms with Crippen molar-refractivity contribution < 1.29 is 24.3 Å². The molecular weight excluding hydrogens is 472 g/mol. The third-order valence-electron chi connectivity index (χ3n) is 5.21. The minimum Gasteiger partial charge on any atom is -0.506 e. The molecule has 0 saturated carbocycles. The number of carbonyl (C=O) groups excluding carboxylic acids is 4. The summed E-state index contributed by atoms with van der Waals surface area (Å²) in [5.74, 6) is -0.995. The van der Waals surface area contributed by atoms with Crippen molar-refractivity contribution in [3.63, 3.8) is 0 Å². The molecule has 1 heterocycles. The van der Waals surface area contributed by atoms with Gasteiger partial charge in [0, 0.05) is 12.6 Å². The zero-order valence-corrected chi connectivity index (χ0v) is 21.2. The lowest BCUT2D eigenvalue weighted by atomic mass is 9.99. The lowest BCUT2D eigenvalue weighted by Gasteiger charge is -2.24. The molecule has 3 amide bonds. The van der Waals surface area contributed by atoms with Crippen molar-refractivity contribution in [1.82, 2.24) is 32.1 Å². The number of thioether (sulfide) groups is 1. The van der Waals surface area contributed by atoms with Crippen LogP contribution >= 0.6 is 11.8 Å². The molecule has 12 heteroatoms. The van der Waals surface area contributed by atoms with Gasteiger partial charge in [0.15, 0.2) is 0 Å². The normalized spacial score (nSPS) is 19.6. The second-order valence-corrected chi connectivity index (χ2v) is 8.55. The van der Waals surface area contributed by atoms with E-state index in [2.05, 4.69) is 38.7 Å². The van der Waals surface area contributed by atoms with E-state index in [0.717, 1.165) is 10.6 Å². The summed E-state index contributed by atoms with van der Waals surface area (Å²) < 4.78 is 0. The largest absolute Gasteiger partial charge is 0.506 e. The van der Waals surface area contributed by atoms with Gasteiger partial charge in [-0.3, -0.25) is 14.4 Å². The Morgan fingerprint density at radius 3 is 2.60 bits per heavy atom. The number of allylic oxidation sites excluding steroid dienone is 4. The Bertz CT molecular complexity index is 870. The first-order valence-electron chi connectivity index (χ1n) is 11.3. The third-order valence-corrected chi connectivity index (χ3v) is 5.98. The van der Waals surface area contributed by atoms with Gasteiger partial charge in [-0.15, -0.1) is 11.8 Å². The molecule has 0 bridgehead atoms. The molecule has 0 fully saturated rings. The van der Waals surface area contributed by atoms with E-state index in [1.807, 2.05) is 20.1 Å². The van der Waals surface area contributed by atoms with Gasteiger partial charge in [-0.1, -0.05) is 32.9 Å². The van der Waals surface area contributed by atoms with Gasteiger partial charge >= 0.3 is 0 Å². The van der Waals surface area contributed by atoms with Crippen molar-refractivity contribution in [2.45, 2.75) is 39.2 Å². The molecule has 2 atom stereocenters. The summed E-state index contributed by atoms with van der Waals surface area (Å²) in [5.41, 5.74) is 7.33. The lowest BCUT2D eigenvalue weighted by Crippen LogP contribution is -2.56. The smallest absolute Gasteiger partial charge is 0.239 e. The minimum atomic E-state index is -0.634. The van der Waals surface area contributed by atoms with Crippen molar-refractivity contribution >= 4 is 35.8 Å². The van der Waals surface area contributed by atoms with Gasteiger partial charge in [0.1, 0.15) is 18.1 Å². The van der Waals surface area contributed by atoms with Gasteiger partial charge < -0.3 is 31.2 Å². The maximum atomic E-state index is 12.5. The monoisotopic (exact) mass is 508 g/mol. The van der Waals surface area contributed by atoms with Gasteiger partial charge in [0.25, 0.3) is 0 Å². The van der Waals surface area contributed by atoms with Crippen LogP contribution in [0.3, 0.4) is 0 Å². The van der Waals surface area contributed by atoms with Crippen molar-refractivity contribution in [2.75, 3.05) is 26.0 Å². The number of hydrazine groups is 1. The van der Waals surface area contributed by atoms with Crippen molar-refractivity contribution in [3.8, 4) is 0 Å². The topological polar surface area (TPSA) is 161 Å². The van der Waals surface area contributed by atoms with E-state index in [1.54, 1.807) is 6.08 Å². The maximum Gasteiger partial charge on any atom is 0.239 e. The molecule has 194 valence electrons. The number of carbonyl (C=O) groups is 4. The lowest BCUT2D eigenvalue weighted by molar-refractivity contribution is -0.128. The Morgan fingerprint density at radius 2 is 1.94 bits per heavy atom. The maximum absolute atomic E-state index is 12.5. The average Bonchev–Trinajstić information content (AvgIpc) is 2.85. The molecule has 0 radical (unpaired) electrons. The molecule has 0 aromatic rings. The molecule has 0 aromatic heterocycles. The highest BCUT2D eigenvalue weighted by Gasteiger charge is 2.24. The van der Waals surface area contributed by atoms with Crippen LogP contribution in [-0.4, -0.2) is 61.2 Å². The van der Waals surface area contributed by atoms with Crippen LogP contribution in [0.1, 0.15) is 33.1 Å². The Morgan fingerprint density at radius 1 is 1.20 bits per heavy atom. The highest BCUT2D eigenvalue weighted by molar-refractivity contribution is 8.02. The third kappa shape index (κ3) is 11.3. The fraction of sp³-hybridized carbons (Fsp3) is 0.478. The zero-order chi connectivity index (χ0) is 26.2. The zero-order valence-electron chi connectivity index (χ0n) is 20.4. The Balaban J connectivity index is 2.52. The minimum absolute atomic E-state index is 0.0486. The molecule has 35 heavy (non-hydrogen) atoms. The van der Waals surface area contributed by atoms with Crippen molar-refractivity contribution in [2.24, 2.45) is 5.92 Å². The van der Waals surface area contributed by atoms with Crippen LogP contribution < -0.4 is 32.1 Å². The van der Waals surface area contributed by atoms with Crippen LogP contribution in [0.2, 0.25) is 0 Å². The van der Waals surface area contributed by atoms with Crippen LogP contribution in [0.25, 0.3) is 0 Å². The van der Waals surface area contributed by atoms with Crippen LogP contribution in [0.4, 0.5) is 0 Å². The highest BCUT2D eigenvalue weighted by Crippen LogP contribution is 2.26. The molecule has 0 saturated heterocycles. The van der Waals surface area contributed by atoms with E-state index in [9.17, 15) is 24.3 Å². The summed E-state index contributed by atoms with van der Waals surface area (Å²) in [4.78, 5) is 46.7. The molecule has 0 spiro atoms. The highest BCUT2D eigenvalue weighted by atomic mass is 32.2. The second kappa shape index (κ2) is 16.5. The second-order valence-electron chi connectivity index (χ2n) is 7.73. The Labute approximate surface area is 210 Å². The number of rotatable bonds is 15. The van der Waals surface area contributed by atoms with Gasteiger partial charge in [-0.05, 0) is 35.8 Å². The van der Waals surface area contributed by atoms with Gasteiger partial charge in [0.05, 0.1) is 24.8 Å². The number of aldehydes is 1. The van der Waals surface area contributed by atoms with E-state index >= 15 is 0 Å². The van der Waals surface area contributed by atoms with Gasteiger partial charge in [0.2, 0.25) is 17.7 Å². The molecule has 1 aliphatic rings. The summed E-state index contributed by atoms with van der Waals surface area (Å²) in [5, 5.41) is 21.1. The summed E-state index contributed by atoms with van der Waals surface area (Å²) in [6.07, 6.45) is 8.54. The first kappa shape index (κ1) is 29.9. The Kier molecular flexibility index (Phi) is 14.1. The van der Waals surface area contributed by atoms with E-state index in [4.69, 9.17) is 0 Å². The number of aliphatic hydroxyl groups is 1. The fourth-order valence-corrected chi connectivity index (χ4v) is 3.65. The van der Waals surface area contributed by atoms with Crippen LogP contribution in [0, 0.1) is 5.92 Å². The summed E-state index contributed by atoms with van der Waals surface area (Å²) in [7, 11) is 0. The number of amides is 3.